The van der Waals surface area contributed by atoms with Crippen molar-refractivity contribution in [2.45, 2.75) is 19.3 Å². The number of amides is 1. The maximum Gasteiger partial charge on any atom is 0.256 e. The predicted molar refractivity (Wildman–Crippen MR) is 165 cm³/mol. The Morgan fingerprint density at radius 3 is 2.65 bits per heavy atom. The van der Waals surface area contributed by atoms with E-state index in [2.05, 4.69) is 49.0 Å². The number of fused-ring (bicyclic) bond motifs is 2. The van der Waals surface area contributed by atoms with Crippen LogP contribution in [0.1, 0.15) is 35.2 Å². The predicted octanol–water partition coefficient (Wildman–Crippen LogP) is 7.24. The van der Waals surface area contributed by atoms with E-state index in [1.807, 2.05) is 66.9 Å². The van der Waals surface area contributed by atoms with Crippen molar-refractivity contribution >= 4 is 49.3 Å². The highest BCUT2D eigenvalue weighted by molar-refractivity contribution is 9.10. The first-order valence-electron chi connectivity index (χ1n) is 13.5. The van der Waals surface area contributed by atoms with Gasteiger partial charge in [-0.15, -0.1) is 0 Å². The number of aromatic amines is 1. The lowest BCUT2D eigenvalue weighted by Crippen LogP contribution is -2.29. The highest BCUT2D eigenvalue weighted by atomic mass is 79.9. The Morgan fingerprint density at radius 1 is 1.02 bits per heavy atom. The number of nitrogens with zero attached hydrogens (tertiary/aromatic N) is 2. The average molecular weight is 594 g/mol. The number of aromatic nitrogens is 2. The summed E-state index contributed by atoms with van der Waals surface area (Å²) in [7, 11) is 1.62. The third-order valence-electron chi connectivity index (χ3n) is 7.31. The number of methoxy groups -OCH3 is 1. The number of carbonyl (C=O) groups is 1. The summed E-state index contributed by atoms with van der Waals surface area (Å²) < 4.78 is 6.24. The van der Waals surface area contributed by atoms with E-state index in [0.29, 0.717) is 11.3 Å². The van der Waals surface area contributed by atoms with Crippen LogP contribution in [0.5, 0.6) is 5.75 Å². The Balaban J connectivity index is 1.40. The number of likely N-dealkylation sites (tertiary alicyclic amines) is 1. The maximum absolute atomic E-state index is 13.7. The molecule has 0 saturated carbocycles. The van der Waals surface area contributed by atoms with Gasteiger partial charge in [0.15, 0.2) is 0 Å². The quantitative estimate of drug-likeness (QED) is 0.211. The second-order valence-electron chi connectivity index (χ2n) is 10.0. The number of pyridine rings is 1. The first-order chi connectivity index (χ1) is 19.6. The summed E-state index contributed by atoms with van der Waals surface area (Å²) in [5.74, 6) is 7.16. The molecule has 6 nitrogen and oxygen atoms in total. The first kappa shape index (κ1) is 26.1. The fourth-order valence-corrected chi connectivity index (χ4v) is 5.54. The van der Waals surface area contributed by atoms with Crippen LogP contribution in [0.15, 0.2) is 77.4 Å². The van der Waals surface area contributed by atoms with Crippen molar-refractivity contribution in [1.29, 1.82) is 0 Å². The summed E-state index contributed by atoms with van der Waals surface area (Å²) in [6, 6.07) is 21.2. The monoisotopic (exact) mass is 592 g/mol. The van der Waals surface area contributed by atoms with E-state index in [4.69, 9.17) is 9.72 Å². The number of hydrogen-bond donors (Lipinski definition) is 2. The number of rotatable bonds is 5. The molecule has 7 heteroatoms. The van der Waals surface area contributed by atoms with Crippen LogP contribution in [0.2, 0.25) is 0 Å². The third-order valence-corrected chi connectivity index (χ3v) is 7.80. The van der Waals surface area contributed by atoms with Gasteiger partial charge in [0.05, 0.1) is 30.4 Å². The molecule has 2 N–H and O–H groups in total. The number of benzene rings is 3. The largest absolute Gasteiger partial charge is 0.497 e. The molecule has 1 amide bonds. The molecule has 2 aromatic heterocycles. The van der Waals surface area contributed by atoms with Crippen LogP contribution in [0.25, 0.3) is 33.1 Å². The third kappa shape index (κ3) is 5.60. The summed E-state index contributed by atoms with van der Waals surface area (Å²) >= 11 is 3.58. The number of nitrogens with one attached hydrogen (secondary N) is 2. The molecule has 3 heterocycles. The molecule has 3 aromatic carbocycles. The van der Waals surface area contributed by atoms with Gasteiger partial charge < -0.3 is 15.0 Å². The lowest BCUT2D eigenvalue weighted by Gasteiger charge is -2.23. The van der Waals surface area contributed by atoms with Gasteiger partial charge in [0.2, 0.25) is 0 Å². The van der Waals surface area contributed by atoms with Crippen molar-refractivity contribution in [3.8, 4) is 28.8 Å². The van der Waals surface area contributed by atoms with Crippen LogP contribution < -0.4 is 10.1 Å². The van der Waals surface area contributed by atoms with Gasteiger partial charge >= 0.3 is 0 Å². The highest BCUT2D eigenvalue weighted by Crippen LogP contribution is 2.33. The number of hydrogen-bond acceptors (Lipinski definition) is 4. The minimum absolute atomic E-state index is 0.210. The van der Waals surface area contributed by atoms with Gasteiger partial charge in [-0.05, 0) is 92.7 Å². The van der Waals surface area contributed by atoms with Crippen LogP contribution in [-0.2, 0) is 0 Å². The summed E-state index contributed by atoms with van der Waals surface area (Å²) in [5.41, 5.74) is 5.49. The highest BCUT2D eigenvalue weighted by Gasteiger charge is 2.17. The van der Waals surface area contributed by atoms with Crippen molar-refractivity contribution < 1.29 is 9.53 Å². The normalized spacial score (nSPS) is 13.7. The van der Waals surface area contributed by atoms with Gasteiger partial charge in [-0.1, -0.05) is 34.2 Å². The summed E-state index contributed by atoms with van der Waals surface area (Å²) in [5, 5.41) is 4.84. The number of halogens is 1. The van der Waals surface area contributed by atoms with Gasteiger partial charge in [0.1, 0.15) is 5.75 Å². The van der Waals surface area contributed by atoms with Crippen LogP contribution >= 0.6 is 15.9 Å². The lowest BCUT2D eigenvalue weighted by molar-refractivity contribution is 0.102. The Morgan fingerprint density at radius 2 is 1.85 bits per heavy atom. The number of anilines is 1. The van der Waals surface area contributed by atoms with Crippen molar-refractivity contribution in [1.82, 2.24) is 14.9 Å². The summed E-state index contributed by atoms with van der Waals surface area (Å²) in [4.78, 5) is 24.4. The molecule has 0 unspecified atom stereocenters. The standard InChI is InChI=1S/C33H29BrN4O2/c1-40-25-11-9-24(10-12-25)36-33(39)28-20-32(29-21-35-30-14-8-23(34)19-27(29)30)37-31-13-7-22(18-26(28)31)6-5-17-38-15-3-2-4-16-38/h7-14,18-21,35H,2-4,15-17H2,1H3,(H,36,39). The lowest BCUT2D eigenvalue weighted by atomic mass is 10.0. The molecule has 1 aliphatic rings. The van der Waals surface area contributed by atoms with E-state index in [-0.39, 0.29) is 5.91 Å². The summed E-state index contributed by atoms with van der Waals surface area (Å²) in [6.45, 7) is 2.98. The van der Waals surface area contributed by atoms with E-state index in [9.17, 15) is 4.79 Å². The molecule has 0 aliphatic carbocycles. The SMILES string of the molecule is COc1ccc(NC(=O)c2cc(-c3c[nH]c4ccc(Br)cc34)nc3ccc(C#CCN4CCCCC4)cc23)cc1. The van der Waals surface area contributed by atoms with Crippen LogP contribution in [0.3, 0.4) is 0 Å². The number of ether oxygens (including phenoxy) is 1. The van der Waals surface area contributed by atoms with Crippen LogP contribution in [0, 0.1) is 11.8 Å². The summed E-state index contributed by atoms with van der Waals surface area (Å²) in [6.07, 6.45) is 5.73. The first-order valence-corrected chi connectivity index (χ1v) is 14.3. The van der Waals surface area contributed by atoms with E-state index < -0.39 is 0 Å². The average Bonchev–Trinajstić information content (AvgIpc) is 3.40. The van der Waals surface area contributed by atoms with Crippen molar-refractivity contribution in [3.05, 3.63) is 88.5 Å². The van der Waals surface area contributed by atoms with Gasteiger partial charge in [-0.3, -0.25) is 9.69 Å². The van der Waals surface area contributed by atoms with Crippen molar-refractivity contribution in [3.63, 3.8) is 0 Å². The smallest absolute Gasteiger partial charge is 0.256 e. The fourth-order valence-electron chi connectivity index (χ4n) is 5.18. The Hall–Kier alpha value is -4.12. The van der Waals surface area contributed by atoms with Gasteiger partial charge in [-0.2, -0.15) is 0 Å². The second kappa shape index (κ2) is 11.5. The van der Waals surface area contributed by atoms with Gasteiger partial charge in [0.25, 0.3) is 5.91 Å². The zero-order valence-electron chi connectivity index (χ0n) is 22.3. The molecule has 0 bridgehead atoms. The van der Waals surface area contributed by atoms with E-state index in [0.717, 1.165) is 68.5 Å². The number of carbonyl (C=O) groups excluding carboxylic acids is 1. The minimum Gasteiger partial charge on any atom is -0.497 e. The topological polar surface area (TPSA) is 70.2 Å². The molecule has 6 rings (SSSR count). The molecule has 200 valence electrons. The van der Waals surface area contributed by atoms with Gasteiger partial charge in [0, 0.05) is 43.8 Å². The molecule has 1 aliphatic heterocycles. The zero-order valence-corrected chi connectivity index (χ0v) is 23.8. The van der Waals surface area contributed by atoms with Crippen molar-refractivity contribution in [2.24, 2.45) is 0 Å². The minimum atomic E-state index is -0.210. The molecule has 0 atom stereocenters. The molecule has 0 spiro atoms. The van der Waals surface area contributed by atoms with Crippen molar-refractivity contribution in [2.75, 3.05) is 32.1 Å². The number of H-pyrrole nitrogens is 1. The Bertz CT molecular complexity index is 1760. The van der Waals surface area contributed by atoms with E-state index >= 15 is 0 Å². The molecular formula is C33H29BrN4O2. The second-order valence-corrected chi connectivity index (χ2v) is 10.9. The van der Waals surface area contributed by atoms with E-state index in [1.165, 1.54) is 19.3 Å². The Labute approximate surface area is 241 Å². The Kier molecular flexibility index (Phi) is 7.54. The molecule has 0 radical (unpaired) electrons. The molecule has 40 heavy (non-hydrogen) atoms. The van der Waals surface area contributed by atoms with Crippen LogP contribution in [-0.4, -0.2) is 47.5 Å². The number of piperidine rings is 1. The molecule has 5 aromatic rings. The maximum atomic E-state index is 13.7. The zero-order chi connectivity index (χ0) is 27.5. The van der Waals surface area contributed by atoms with Gasteiger partial charge in [-0.25, -0.2) is 4.98 Å². The molecule has 1 fully saturated rings. The molecule has 1 saturated heterocycles. The van der Waals surface area contributed by atoms with E-state index in [1.54, 1.807) is 7.11 Å². The molecular weight excluding hydrogens is 564 g/mol. The van der Waals surface area contributed by atoms with Crippen LogP contribution in [0.4, 0.5) is 5.69 Å². The fraction of sp³-hybridized carbons (Fsp3) is 0.212.